The summed E-state index contributed by atoms with van der Waals surface area (Å²) in [6.07, 6.45) is 2.55. The highest BCUT2D eigenvalue weighted by Crippen LogP contribution is 2.18. The van der Waals surface area contributed by atoms with Crippen molar-refractivity contribution in [3.63, 3.8) is 0 Å². The number of amides is 1. The lowest BCUT2D eigenvalue weighted by molar-refractivity contribution is -0.121. The third kappa shape index (κ3) is 3.02. The van der Waals surface area contributed by atoms with Gasteiger partial charge >= 0.3 is 0 Å². The van der Waals surface area contributed by atoms with Gasteiger partial charge in [0.2, 0.25) is 5.91 Å². The van der Waals surface area contributed by atoms with Gasteiger partial charge in [-0.3, -0.25) is 4.79 Å². The highest BCUT2D eigenvalue weighted by Gasteiger charge is 2.14. The Morgan fingerprint density at radius 2 is 2.19 bits per heavy atom. The monoisotopic (exact) mass is 285 g/mol. The van der Waals surface area contributed by atoms with E-state index in [-0.39, 0.29) is 11.9 Å². The molecule has 0 radical (unpaired) electrons. The zero-order valence-corrected chi connectivity index (χ0v) is 12.8. The number of rotatable bonds is 4. The maximum atomic E-state index is 11.8. The summed E-state index contributed by atoms with van der Waals surface area (Å²) in [6, 6.07) is 2.23. The number of aromatic nitrogens is 3. The van der Waals surface area contributed by atoms with E-state index in [2.05, 4.69) is 21.5 Å². The number of nitrogens with zero attached hydrogens (tertiary/aromatic N) is 4. The minimum absolute atomic E-state index is 0.0297. The molecule has 6 nitrogen and oxygen atoms in total. The first kappa shape index (κ1) is 15.0. The maximum Gasteiger partial charge on any atom is 0.220 e. The summed E-state index contributed by atoms with van der Waals surface area (Å²) in [5.74, 6) is 0.0297. The quantitative estimate of drug-likeness (QED) is 0.926. The lowest BCUT2D eigenvalue weighted by atomic mass is 10.1. The Labute approximate surface area is 123 Å². The molecule has 0 spiro atoms. The van der Waals surface area contributed by atoms with Gasteiger partial charge in [0.15, 0.2) is 5.65 Å². The molecule has 2 rings (SSSR count). The molecular formula is C15H19N5O. The summed E-state index contributed by atoms with van der Waals surface area (Å²) in [4.78, 5) is 16.2. The average molecular weight is 285 g/mol. The zero-order valence-electron chi connectivity index (χ0n) is 12.8. The number of nitrogens with one attached hydrogen (secondary N) is 1. The van der Waals surface area contributed by atoms with Gasteiger partial charge in [-0.15, -0.1) is 0 Å². The largest absolute Gasteiger partial charge is 0.354 e. The number of hydrogen-bond acceptors (Lipinski definition) is 4. The molecule has 2 aromatic rings. The van der Waals surface area contributed by atoms with Crippen LogP contribution in [0.15, 0.2) is 6.20 Å². The standard InChI is InChI=1S/C15H19N5O/c1-9(2)18-14(21)6-5-13-10(3)19-15-12(7-16)8-17-20(15)11(13)4/h8-9H,5-6H2,1-4H3,(H,18,21). The van der Waals surface area contributed by atoms with Crippen LogP contribution in [0.5, 0.6) is 0 Å². The van der Waals surface area contributed by atoms with E-state index in [4.69, 9.17) is 5.26 Å². The van der Waals surface area contributed by atoms with Gasteiger partial charge in [0.25, 0.3) is 0 Å². The molecule has 2 aromatic heterocycles. The summed E-state index contributed by atoms with van der Waals surface area (Å²) < 4.78 is 1.67. The summed E-state index contributed by atoms with van der Waals surface area (Å²) in [5, 5.41) is 16.1. The van der Waals surface area contributed by atoms with Crippen molar-refractivity contribution in [2.75, 3.05) is 0 Å². The number of fused-ring (bicyclic) bond motifs is 1. The fraction of sp³-hybridized carbons (Fsp3) is 0.467. The minimum Gasteiger partial charge on any atom is -0.354 e. The van der Waals surface area contributed by atoms with E-state index in [1.54, 1.807) is 4.52 Å². The summed E-state index contributed by atoms with van der Waals surface area (Å²) >= 11 is 0. The number of nitriles is 1. The van der Waals surface area contributed by atoms with Crippen molar-refractivity contribution in [1.29, 1.82) is 5.26 Å². The van der Waals surface area contributed by atoms with Crippen LogP contribution in [-0.4, -0.2) is 26.5 Å². The summed E-state index contributed by atoms with van der Waals surface area (Å²) in [5.41, 5.74) is 3.81. The second-order valence-corrected chi connectivity index (χ2v) is 5.39. The molecule has 0 aliphatic rings. The summed E-state index contributed by atoms with van der Waals surface area (Å²) in [7, 11) is 0. The van der Waals surface area contributed by atoms with Crippen LogP contribution in [0.2, 0.25) is 0 Å². The molecule has 1 amide bonds. The Hall–Kier alpha value is -2.42. The van der Waals surface area contributed by atoms with Crippen LogP contribution in [0.25, 0.3) is 5.65 Å². The highest BCUT2D eigenvalue weighted by molar-refractivity contribution is 5.76. The SMILES string of the molecule is Cc1nc2c(C#N)cnn2c(C)c1CCC(=O)NC(C)C. The Balaban J connectivity index is 2.29. The fourth-order valence-electron chi connectivity index (χ4n) is 2.38. The number of aryl methyl sites for hydroxylation is 2. The van der Waals surface area contributed by atoms with Crippen LogP contribution in [-0.2, 0) is 11.2 Å². The molecule has 0 aliphatic heterocycles. The molecule has 6 heteroatoms. The van der Waals surface area contributed by atoms with E-state index < -0.39 is 0 Å². The lowest BCUT2D eigenvalue weighted by Crippen LogP contribution is -2.30. The topological polar surface area (TPSA) is 83.1 Å². The first-order valence-corrected chi connectivity index (χ1v) is 6.97. The van der Waals surface area contributed by atoms with Crippen molar-refractivity contribution in [1.82, 2.24) is 19.9 Å². The van der Waals surface area contributed by atoms with Gasteiger partial charge in [-0.2, -0.15) is 10.4 Å². The Kier molecular flexibility index (Phi) is 4.22. The third-order valence-corrected chi connectivity index (χ3v) is 3.38. The van der Waals surface area contributed by atoms with E-state index in [9.17, 15) is 4.79 Å². The smallest absolute Gasteiger partial charge is 0.220 e. The third-order valence-electron chi connectivity index (χ3n) is 3.38. The molecular weight excluding hydrogens is 266 g/mol. The molecule has 0 bridgehead atoms. The number of carbonyl (C=O) groups is 1. The van der Waals surface area contributed by atoms with Crippen LogP contribution in [0.3, 0.4) is 0 Å². The van der Waals surface area contributed by atoms with E-state index in [0.29, 0.717) is 24.1 Å². The van der Waals surface area contributed by atoms with Crippen LogP contribution in [0, 0.1) is 25.2 Å². The second-order valence-electron chi connectivity index (χ2n) is 5.39. The maximum absolute atomic E-state index is 11.8. The van der Waals surface area contributed by atoms with Gasteiger partial charge in [0, 0.05) is 23.9 Å². The van der Waals surface area contributed by atoms with Gasteiger partial charge < -0.3 is 5.32 Å². The molecule has 0 atom stereocenters. The molecule has 0 saturated carbocycles. The van der Waals surface area contributed by atoms with Crippen molar-refractivity contribution in [2.45, 2.75) is 46.6 Å². The molecule has 110 valence electrons. The molecule has 2 heterocycles. The van der Waals surface area contributed by atoms with Crippen molar-refractivity contribution in [2.24, 2.45) is 0 Å². The van der Waals surface area contributed by atoms with Gasteiger partial charge in [-0.1, -0.05) is 0 Å². The fourth-order valence-corrected chi connectivity index (χ4v) is 2.38. The predicted octanol–water partition coefficient (Wildman–Crippen LogP) is 1.68. The molecule has 21 heavy (non-hydrogen) atoms. The van der Waals surface area contributed by atoms with Crippen LogP contribution in [0.1, 0.15) is 42.8 Å². The number of carbonyl (C=O) groups excluding carboxylic acids is 1. The molecule has 1 N–H and O–H groups in total. The average Bonchev–Trinajstić information content (AvgIpc) is 2.80. The van der Waals surface area contributed by atoms with E-state index in [0.717, 1.165) is 17.0 Å². The van der Waals surface area contributed by atoms with E-state index in [1.807, 2.05) is 27.7 Å². The van der Waals surface area contributed by atoms with E-state index >= 15 is 0 Å². The molecule has 0 unspecified atom stereocenters. The van der Waals surface area contributed by atoms with Crippen molar-refractivity contribution < 1.29 is 4.79 Å². The highest BCUT2D eigenvalue weighted by atomic mass is 16.1. The van der Waals surface area contributed by atoms with Gasteiger partial charge in [0.1, 0.15) is 11.6 Å². The van der Waals surface area contributed by atoms with Gasteiger partial charge in [0.05, 0.1) is 6.20 Å². The van der Waals surface area contributed by atoms with Gasteiger partial charge in [-0.05, 0) is 39.7 Å². The first-order chi connectivity index (χ1) is 9.93. The predicted molar refractivity (Wildman–Crippen MR) is 78.8 cm³/mol. The van der Waals surface area contributed by atoms with Gasteiger partial charge in [-0.25, -0.2) is 9.50 Å². The van der Waals surface area contributed by atoms with Crippen molar-refractivity contribution >= 4 is 11.6 Å². The normalized spacial score (nSPS) is 10.9. The first-order valence-electron chi connectivity index (χ1n) is 6.97. The minimum atomic E-state index is 0.0297. The molecule has 0 fully saturated rings. The Morgan fingerprint density at radius 3 is 2.81 bits per heavy atom. The van der Waals surface area contributed by atoms with Crippen molar-refractivity contribution in [3.05, 3.63) is 28.7 Å². The van der Waals surface area contributed by atoms with Crippen molar-refractivity contribution in [3.8, 4) is 6.07 Å². The van der Waals surface area contributed by atoms with Crippen LogP contribution in [0.4, 0.5) is 0 Å². The Morgan fingerprint density at radius 1 is 1.48 bits per heavy atom. The lowest BCUT2D eigenvalue weighted by Gasteiger charge is -2.12. The zero-order chi connectivity index (χ0) is 15.6. The van der Waals surface area contributed by atoms with Crippen LogP contribution < -0.4 is 5.32 Å². The Bertz CT molecular complexity index is 724. The summed E-state index contributed by atoms with van der Waals surface area (Å²) in [6.45, 7) is 7.71. The molecule has 0 aromatic carbocycles. The second kappa shape index (κ2) is 5.92. The van der Waals surface area contributed by atoms with Crippen LogP contribution >= 0.6 is 0 Å². The number of hydrogen-bond donors (Lipinski definition) is 1. The van der Waals surface area contributed by atoms with E-state index in [1.165, 1.54) is 6.20 Å². The molecule has 0 saturated heterocycles. The molecule has 0 aliphatic carbocycles.